The molecule has 2 aliphatic heterocycles. The molecule has 4 rings (SSSR count). The molecule has 0 unspecified atom stereocenters. The molecule has 0 saturated carbocycles. The number of likely N-dealkylation sites (tertiary alicyclic amines) is 1. The van der Waals surface area contributed by atoms with Crippen molar-refractivity contribution in [1.82, 2.24) is 19.9 Å². The highest BCUT2D eigenvalue weighted by atomic mass is 16.5. The number of fused-ring (bicyclic) bond motifs is 1. The molecule has 2 aromatic rings. The summed E-state index contributed by atoms with van der Waals surface area (Å²) in [4.78, 5) is 26.7. The van der Waals surface area contributed by atoms with Gasteiger partial charge >= 0.3 is 0 Å². The molecular formula is C17H18N4O3. The topological polar surface area (TPSA) is 77.4 Å². The SMILES string of the molecule is O=C(c1ccncn1)N1C[C@@H](Oc2cccnc2)[C@H]2OCCC[C@H]21. The first-order valence-corrected chi connectivity index (χ1v) is 8.08. The Morgan fingerprint density at radius 2 is 2.25 bits per heavy atom. The summed E-state index contributed by atoms with van der Waals surface area (Å²) in [5.74, 6) is 0.585. The van der Waals surface area contributed by atoms with Crippen LogP contribution < -0.4 is 4.74 Å². The highest BCUT2D eigenvalue weighted by molar-refractivity contribution is 5.92. The van der Waals surface area contributed by atoms with E-state index in [1.165, 1.54) is 6.33 Å². The van der Waals surface area contributed by atoms with E-state index in [2.05, 4.69) is 15.0 Å². The number of nitrogens with zero attached hydrogens (tertiary/aromatic N) is 4. The summed E-state index contributed by atoms with van der Waals surface area (Å²) in [6.07, 6.45) is 7.87. The van der Waals surface area contributed by atoms with Gasteiger partial charge in [-0.05, 0) is 31.0 Å². The van der Waals surface area contributed by atoms with Gasteiger partial charge in [-0.15, -0.1) is 0 Å². The van der Waals surface area contributed by atoms with E-state index in [4.69, 9.17) is 9.47 Å². The lowest BCUT2D eigenvalue weighted by Crippen LogP contribution is -2.44. The zero-order valence-electron chi connectivity index (χ0n) is 13.1. The average Bonchev–Trinajstić information content (AvgIpc) is 3.01. The fourth-order valence-electron chi connectivity index (χ4n) is 3.40. The van der Waals surface area contributed by atoms with E-state index in [0.29, 0.717) is 24.6 Å². The van der Waals surface area contributed by atoms with Crippen molar-refractivity contribution in [2.45, 2.75) is 31.1 Å². The minimum Gasteiger partial charge on any atom is -0.484 e. The Kier molecular flexibility index (Phi) is 4.08. The quantitative estimate of drug-likeness (QED) is 0.847. The summed E-state index contributed by atoms with van der Waals surface area (Å²) in [5.41, 5.74) is 0.399. The van der Waals surface area contributed by atoms with Crippen LogP contribution in [0.1, 0.15) is 23.3 Å². The van der Waals surface area contributed by atoms with Crippen molar-refractivity contribution >= 4 is 5.91 Å². The van der Waals surface area contributed by atoms with Gasteiger partial charge < -0.3 is 14.4 Å². The van der Waals surface area contributed by atoms with Gasteiger partial charge in [0.2, 0.25) is 0 Å². The summed E-state index contributed by atoms with van der Waals surface area (Å²) in [5, 5.41) is 0. The molecule has 2 aromatic heterocycles. The molecule has 3 atom stereocenters. The third kappa shape index (κ3) is 2.82. The highest BCUT2D eigenvalue weighted by Crippen LogP contribution is 2.32. The van der Waals surface area contributed by atoms with Crippen LogP contribution in [0.25, 0.3) is 0 Å². The molecule has 2 aliphatic rings. The Morgan fingerprint density at radius 1 is 1.29 bits per heavy atom. The highest BCUT2D eigenvalue weighted by Gasteiger charge is 2.47. The van der Waals surface area contributed by atoms with Crippen LogP contribution in [0.4, 0.5) is 0 Å². The zero-order chi connectivity index (χ0) is 16.4. The number of hydrogen-bond donors (Lipinski definition) is 0. The van der Waals surface area contributed by atoms with Crippen molar-refractivity contribution in [2.75, 3.05) is 13.2 Å². The molecule has 0 N–H and O–H groups in total. The molecule has 24 heavy (non-hydrogen) atoms. The first-order chi connectivity index (χ1) is 11.8. The number of ether oxygens (including phenoxy) is 2. The molecular weight excluding hydrogens is 308 g/mol. The molecule has 2 saturated heterocycles. The maximum Gasteiger partial charge on any atom is 0.273 e. The van der Waals surface area contributed by atoms with Crippen molar-refractivity contribution in [3.63, 3.8) is 0 Å². The molecule has 1 amide bonds. The Balaban J connectivity index is 1.56. The minimum atomic E-state index is -0.203. The normalized spacial score (nSPS) is 26.0. The fraction of sp³-hybridized carbons (Fsp3) is 0.412. The molecule has 124 valence electrons. The minimum absolute atomic E-state index is 0.0166. The van der Waals surface area contributed by atoms with E-state index in [1.54, 1.807) is 24.7 Å². The Hall–Kier alpha value is -2.54. The second kappa shape index (κ2) is 6.52. The van der Waals surface area contributed by atoms with Gasteiger partial charge in [-0.25, -0.2) is 9.97 Å². The summed E-state index contributed by atoms with van der Waals surface area (Å²) in [6, 6.07) is 5.34. The maximum absolute atomic E-state index is 12.8. The molecule has 0 aromatic carbocycles. The van der Waals surface area contributed by atoms with E-state index in [0.717, 1.165) is 12.8 Å². The predicted octanol–water partition coefficient (Wildman–Crippen LogP) is 1.32. The second-order valence-corrected chi connectivity index (χ2v) is 5.94. The molecule has 7 nitrogen and oxygen atoms in total. The van der Waals surface area contributed by atoms with Crippen LogP contribution in [-0.2, 0) is 4.74 Å². The largest absolute Gasteiger partial charge is 0.484 e. The van der Waals surface area contributed by atoms with Gasteiger partial charge in [0.05, 0.1) is 18.8 Å². The van der Waals surface area contributed by atoms with Crippen LogP contribution in [-0.4, -0.2) is 57.2 Å². The van der Waals surface area contributed by atoms with E-state index in [-0.39, 0.29) is 24.2 Å². The van der Waals surface area contributed by atoms with Gasteiger partial charge in [0.15, 0.2) is 0 Å². The van der Waals surface area contributed by atoms with Crippen LogP contribution in [0.5, 0.6) is 5.75 Å². The maximum atomic E-state index is 12.8. The molecule has 7 heteroatoms. The van der Waals surface area contributed by atoms with E-state index >= 15 is 0 Å². The molecule has 0 spiro atoms. The number of carbonyl (C=O) groups excluding carboxylic acids is 1. The Morgan fingerprint density at radius 3 is 3.04 bits per heavy atom. The van der Waals surface area contributed by atoms with Crippen LogP contribution in [0, 0.1) is 0 Å². The molecule has 0 bridgehead atoms. The number of hydrogen-bond acceptors (Lipinski definition) is 6. The Labute approximate surface area is 139 Å². The second-order valence-electron chi connectivity index (χ2n) is 5.94. The molecule has 0 radical (unpaired) electrons. The third-order valence-corrected chi connectivity index (χ3v) is 4.46. The van der Waals surface area contributed by atoms with Crippen molar-refractivity contribution < 1.29 is 14.3 Å². The van der Waals surface area contributed by atoms with Crippen LogP contribution in [0.2, 0.25) is 0 Å². The number of aromatic nitrogens is 3. The smallest absolute Gasteiger partial charge is 0.273 e. The number of pyridine rings is 1. The van der Waals surface area contributed by atoms with Crippen molar-refractivity contribution in [1.29, 1.82) is 0 Å². The summed E-state index contributed by atoms with van der Waals surface area (Å²) < 4.78 is 12.0. The van der Waals surface area contributed by atoms with Gasteiger partial charge in [0.1, 0.15) is 30.0 Å². The van der Waals surface area contributed by atoms with Crippen LogP contribution in [0.3, 0.4) is 0 Å². The molecule has 2 fully saturated rings. The van der Waals surface area contributed by atoms with Crippen molar-refractivity contribution in [3.8, 4) is 5.75 Å². The van der Waals surface area contributed by atoms with Gasteiger partial charge in [0.25, 0.3) is 5.91 Å². The monoisotopic (exact) mass is 326 g/mol. The first-order valence-electron chi connectivity index (χ1n) is 8.08. The number of carbonyl (C=O) groups is 1. The van der Waals surface area contributed by atoms with E-state index in [9.17, 15) is 4.79 Å². The zero-order valence-corrected chi connectivity index (χ0v) is 13.1. The predicted molar refractivity (Wildman–Crippen MR) is 84.5 cm³/mol. The lowest BCUT2D eigenvalue weighted by molar-refractivity contribution is -0.0447. The summed E-state index contributed by atoms with van der Waals surface area (Å²) in [6.45, 7) is 1.18. The van der Waals surface area contributed by atoms with E-state index in [1.807, 2.05) is 17.0 Å². The first kappa shape index (κ1) is 15.0. The third-order valence-electron chi connectivity index (χ3n) is 4.46. The van der Waals surface area contributed by atoms with E-state index < -0.39 is 0 Å². The summed E-state index contributed by atoms with van der Waals surface area (Å²) >= 11 is 0. The Bertz CT molecular complexity index is 697. The van der Waals surface area contributed by atoms with Gasteiger partial charge in [-0.3, -0.25) is 9.78 Å². The lowest BCUT2D eigenvalue weighted by atomic mass is 10.0. The molecule has 0 aliphatic carbocycles. The van der Waals surface area contributed by atoms with Crippen LogP contribution in [0.15, 0.2) is 43.1 Å². The lowest BCUT2D eigenvalue weighted by Gasteiger charge is -2.31. The number of rotatable bonds is 3. The summed E-state index contributed by atoms with van der Waals surface area (Å²) in [7, 11) is 0. The average molecular weight is 326 g/mol. The van der Waals surface area contributed by atoms with Gasteiger partial charge in [-0.2, -0.15) is 0 Å². The van der Waals surface area contributed by atoms with Crippen LogP contribution >= 0.6 is 0 Å². The number of amides is 1. The van der Waals surface area contributed by atoms with Gasteiger partial charge in [0, 0.05) is 19.0 Å². The van der Waals surface area contributed by atoms with Crippen molar-refractivity contribution in [2.24, 2.45) is 0 Å². The van der Waals surface area contributed by atoms with Crippen molar-refractivity contribution in [3.05, 3.63) is 48.8 Å². The fourth-order valence-corrected chi connectivity index (χ4v) is 3.40. The standard InChI is InChI=1S/C17H18N4O3/c22-17(13-5-7-19-11-20-13)21-10-15(16-14(21)4-2-8-23-16)24-12-3-1-6-18-9-12/h1,3,5-7,9,11,14-16H,2,4,8,10H2/t14-,15-,16+/m1/s1. The molecule has 4 heterocycles. The van der Waals surface area contributed by atoms with Gasteiger partial charge in [-0.1, -0.05) is 0 Å².